The van der Waals surface area contributed by atoms with E-state index in [1.165, 1.54) is 6.07 Å². The van der Waals surface area contributed by atoms with Crippen LogP contribution in [0.2, 0.25) is 0 Å². The molecule has 0 spiro atoms. The van der Waals surface area contributed by atoms with Gasteiger partial charge in [-0.15, -0.1) is 11.3 Å². The summed E-state index contributed by atoms with van der Waals surface area (Å²) < 4.78 is 13.1. The van der Waals surface area contributed by atoms with Crippen molar-refractivity contribution in [3.63, 3.8) is 0 Å². The lowest BCUT2D eigenvalue weighted by molar-refractivity contribution is 0.640. The molecule has 2 heteroatoms. The molecule has 0 radical (unpaired) electrons. The van der Waals surface area contributed by atoms with Crippen molar-refractivity contribution in [2.75, 3.05) is 0 Å². The minimum atomic E-state index is -0.110. The monoisotopic (exact) mass is 166 g/mol. The smallest absolute Gasteiger partial charge is 0.132 e. The molecular weight excluding hydrogens is 159 g/mol. The molecule has 11 heavy (non-hydrogen) atoms. The summed E-state index contributed by atoms with van der Waals surface area (Å²) in [7, 11) is 0. The zero-order valence-corrected chi connectivity index (χ0v) is 6.91. The Morgan fingerprint density at radius 3 is 2.91 bits per heavy atom. The average molecular weight is 166 g/mol. The summed E-state index contributed by atoms with van der Waals surface area (Å²) >= 11 is 1.59. The topological polar surface area (TPSA) is 0 Å². The molecule has 0 aliphatic heterocycles. The third-order valence-electron chi connectivity index (χ3n) is 1.76. The highest BCUT2D eigenvalue weighted by atomic mass is 32.1. The molecular formula is C9H7FS. The Kier molecular flexibility index (Phi) is 1.43. The second kappa shape index (κ2) is 2.31. The maximum Gasteiger partial charge on any atom is 0.132 e. The molecule has 0 saturated heterocycles. The quantitative estimate of drug-likeness (QED) is 0.563. The lowest BCUT2D eigenvalue weighted by Crippen LogP contribution is -1.74. The van der Waals surface area contributed by atoms with Gasteiger partial charge < -0.3 is 0 Å². The SMILES string of the molecule is Cc1scc2cccc(F)c12. The number of halogens is 1. The van der Waals surface area contributed by atoms with Crippen LogP contribution < -0.4 is 0 Å². The largest absolute Gasteiger partial charge is 0.206 e. The first-order chi connectivity index (χ1) is 5.29. The number of aryl methyl sites for hydroxylation is 1. The first kappa shape index (κ1) is 6.80. The van der Waals surface area contributed by atoms with Crippen molar-refractivity contribution in [2.45, 2.75) is 6.92 Å². The number of hydrogen-bond donors (Lipinski definition) is 0. The van der Waals surface area contributed by atoms with Crippen molar-refractivity contribution in [3.05, 3.63) is 34.3 Å². The van der Waals surface area contributed by atoms with Crippen molar-refractivity contribution in [2.24, 2.45) is 0 Å². The van der Waals surface area contributed by atoms with Gasteiger partial charge in [0.15, 0.2) is 0 Å². The molecule has 1 heterocycles. The maximum absolute atomic E-state index is 13.1. The van der Waals surface area contributed by atoms with Gasteiger partial charge in [-0.3, -0.25) is 0 Å². The fourth-order valence-corrected chi connectivity index (χ4v) is 2.05. The van der Waals surface area contributed by atoms with Crippen LogP contribution in [0, 0.1) is 12.7 Å². The van der Waals surface area contributed by atoms with Crippen LogP contribution in [-0.2, 0) is 0 Å². The van der Waals surface area contributed by atoms with E-state index in [1.54, 1.807) is 17.4 Å². The summed E-state index contributed by atoms with van der Waals surface area (Å²) in [6, 6.07) is 5.17. The summed E-state index contributed by atoms with van der Waals surface area (Å²) in [6.07, 6.45) is 0. The third-order valence-corrected chi connectivity index (χ3v) is 2.69. The van der Waals surface area contributed by atoms with E-state index >= 15 is 0 Å². The van der Waals surface area contributed by atoms with E-state index in [0.717, 1.165) is 15.6 Å². The molecule has 1 aromatic carbocycles. The van der Waals surface area contributed by atoms with Crippen LogP contribution in [0.3, 0.4) is 0 Å². The predicted molar refractivity (Wildman–Crippen MR) is 46.5 cm³/mol. The Labute approximate surface area is 68.3 Å². The number of hydrogen-bond acceptors (Lipinski definition) is 1. The van der Waals surface area contributed by atoms with E-state index in [4.69, 9.17) is 0 Å². The van der Waals surface area contributed by atoms with Gasteiger partial charge in [-0.25, -0.2) is 4.39 Å². The highest BCUT2D eigenvalue weighted by Crippen LogP contribution is 2.26. The van der Waals surface area contributed by atoms with E-state index in [-0.39, 0.29) is 5.82 Å². The van der Waals surface area contributed by atoms with Crippen molar-refractivity contribution in [1.82, 2.24) is 0 Å². The molecule has 0 fully saturated rings. The predicted octanol–water partition coefficient (Wildman–Crippen LogP) is 3.35. The number of benzene rings is 1. The van der Waals surface area contributed by atoms with Gasteiger partial charge in [-0.2, -0.15) is 0 Å². The average Bonchev–Trinajstić information content (AvgIpc) is 2.34. The van der Waals surface area contributed by atoms with Gasteiger partial charge in [-0.05, 0) is 23.8 Å². The molecule has 56 valence electrons. The van der Waals surface area contributed by atoms with Gasteiger partial charge in [-0.1, -0.05) is 12.1 Å². The van der Waals surface area contributed by atoms with Crippen molar-refractivity contribution in [1.29, 1.82) is 0 Å². The van der Waals surface area contributed by atoms with E-state index in [2.05, 4.69) is 0 Å². The van der Waals surface area contributed by atoms with Gasteiger partial charge in [0, 0.05) is 10.3 Å². The van der Waals surface area contributed by atoms with E-state index in [1.807, 2.05) is 18.4 Å². The minimum absolute atomic E-state index is 0.110. The highest BCUT2D eigenvalue weighted by molar-refractivity contribution is 7.11. The third kappa shape index (κ3) is 0.942. The summed E-state index contributed by atoms with van der Waals surface area (Å²) in [5, 5.41) is 3.76. The van der Waals surface area contributed by atoms with E-state index < -0.39 is 0 Å². The Bertz CT molecular complexity index is 389. The normalized spacial score (nSPS) is 10.7. The lowest BCUT2D eigenvalue weighted by atomic mass is 10.2. The standard InChI is InChI=1S/C9H7FS/c1-6-9-7(5-11-6)3-2-4-8(9)10/h2-5H,1H3. The van der Waals surface area contributed by atoms with Crippen molar-refractivity contribution >= 4 is 22.1 Å². The van der Waals surface area contributed by atoms with Crippen LogP contribution in [0.15, 0.2) is 23.6 Å². The molecule has 2 rings (SSSR count). The zero-order chi connectivity index (χ0) is 7.84. The fraction of sp³-hybridized carbons (Fsp3) is 0.111. The Balaban J connectivity index is 2.96. The summed E-state index contributed by atoms with van der Waals surface area (Å²) in [5.41, 5.74) is 0. The highest BCUT2D eigenvalue weighted by Gasteiger charge is 2.03. The van der Waals surface area contributed by atoms with Crippen LogP contribution >= 0.6 is 11.3 Å². The minimum Gasteiger partial charge on any atom is -0.206 e. The van der Waals surface area contributed by atoms with Gasteiger partial charge in [0.05, 0.1) is 0 Å². The zero-order valence-electron chi connectivity index (χ0n) is 6.10. The Hall–Kier alpha value is -0.890. The molecule has 0 amide bonds. The van der Waals surface area contributed by atoms with Crippen molar-refractivity contribution < 1.29 is 4.39 Å². The van der Waals surface area contributed by atoms with Crippen LogP contribution in [0.1, 0.15) is 4.88 Å². The lowest BCUT2D eigenvalue weighted by Gasteiger charge is -1.91. The molecule has 0 atom stereocenters. The Morgan fingerprint density at radius 2 is 2.18 bits per heavy atom. The molecule has 2 aromatic rings. The van der Waals surface area contributed by atoms with Crippen molar-refractivity contribution in [3.8, 4) is 0 Å². The summed E-state index contributed by atoms with van der Waals surface area (Å²) in [6.45, 7) is 1.94. The molecule has 0 nitrogen and oxygen atoms in total. The fourth-order valence-electron chi connectivity index (χ4n) is 1.22. The number of thiophene rings is 1. The van der Waals surface area contributed by atoms with Crippen LogP contribution in [0.25, 0.3) is 10.8 Å². The van der Waals surface area contributed by atoms with E-state index in [9.17, 15) is 4.39 Å². The number of fused-ring (bicyclic) bond motifs is 1. The summed E-state index contributed by atoms with van der Waals surface area (Å²) in [4.78, 5) is 1.05. The van der Waals surface area contributed by atoms with Crippen LogP contribution in [0.4, 0.5) is 4.39 Å². The van der Waals surface area contributed by atoms with Crippen LogP contribution in [0.5, 0.6) is 0 Å². The molecule has 0 bridgehead atoms. The molecule has 0 aliphatic carbocycles. The summed E-state index contributed by atoms with van der Waals surface area (Å²) in [5.74, 6) is -0.110. The van der Waals surface area contributed by atoms with Gasteiger partial charge in [0.2, 0.25) is 0 Å². The van der Waals surface area contributed by atoms with Crippen LogP contribution in [-0.4, -0.2) is 0 Å². The van der Waals surface area contributed by atoms with Gasteiger partial charge in [0.25, 0.3) is 0 Å². The first-order valence-electron chi connectivity index (χ1n) is 3.41. The number of rotatable bonds is 0. The maximum atomic E-state index is 13.1. The first-order valence-corrected chi connectivity index (χ1v) is 4.29. The molecule has 0 N–H and O–H groups in total. The van der Waals surface area contributed by atoms with E-state index in [0.29, 0.717) is 0 Å². The second-order valence-electron chi connectivity index (χ2n) is 2.50. The van der Waals surface area contributed by atoms with Gasteiger partial charge >= 0.3 is 0 Å². The molecule has 0 aliphatic rings. The second-order valence-corrected chi connectivity index (χ2v) is 3.58. The Morgan fingerprint density at radius 1 is 1.36 bits per heavy atom. The molecule has 1 aromatic heterocycles. The van der Waals surface area contributed by atoms with Gasteiger partial charge in [0.1, 0.15) is 5.82 Å². The molecule has 0 unspecified atom stereocenters. The molecule has 0 saturated carbocycles.